The number of hydrogen-bond acceptors (Lipinski definition) is 6. The number of aromatic nitrogens is 3. The third-order valence-corrected chi connectivity index (χ3v) is 4.14. The van der Waals surface area contributed by atoms with Gasteiger partial charge in [0.05, 0.1) is 7.11 Å². The standard InChI is InChI=1S/C15H27N5O/c1-4-9-16-13-18-14(20-15(19-13)21-3)17-10-12-8-6-5-7-11(12)2/h11-12H,4-10H2,1-3H3,(H2,16,17,18,19,20). The Morgan fingerprint density at radius 1 is 1.10 bits per heavy atom. The molecule has 2 unspecified atom stereocenters. The summed E-state index contributed by atoms with van der Waals surface area (Å²) in [5, 5.41) is 6.53. The van der Waals surface area contributed by atoms with Crippen LogP contribution < -0.4 is 15.4 Å². The fourth-order valence-electron chi connectivity index (χ4n) is 2.76. The molecule has 1 heterocycles. The molecule has 0 amide bonds. The normalized spacial score (nSPS) is 21.9. The smallest absolute Gasteiger partial charge is 0.322 e. The molecular formula is C15H27N5O. The summed E-state index contributed by atoms with van der Waals surface area (Å²) >= 11 is 0. The second-order valence-electron chi connectivity index (χ2n) is 5.80. The highest BCUT2D eigenvalue weighted by Gasteiger charge is 2.21. The summed E-state index contributed by atoms with van der Waals surface area (Å²) in [6.45, 7) is 6.20. The first-order valence-corrected chi connectivity index (χ1v) is 8.00. The zero-order valence-electron chi connectivity index (χ0n) is 13.4. The summed E-state index contributed by atoms with van der Waals surface area (Å²) in [4.78, 5) is 12.9. The van der Waals surface area contributed by atoms with E-state index in [1.807, 2.05) is 0 Å². The third-order valence-electron chi connectivity index (χ3n) is 4.14. The van der Waals surface area contributed by atoms with Crippen molar-refractivity contribution in [3.63, 3.8) is 0 Å². The molecule has 21 heavy (non-hydrogen) atoms. The van der Waals surface area contributed by atoms with E-state index in [2.05, 4.69) is 39.4 Å². The zero-order chi connectivity index (χ0) is 15.1. The lowest BCUT2D eigenvalue weighted by Crippen LogP contribution is -2.25. The van der Waals surface area contributed by atoms with Crippen LogP contribution in [0, 0.1) is 11.8 Å². The highest BCUT2D eigenvalue weighted by Crippen LogP contribution is 2.29. The Bertz CT molecular complexity index is 440. The topological polar surface area (TPSA) is 72.0 Å². The molecule has 0 radical (unpaired) electrons. The second-order valence-corrected chi connectivity index (χ2v) is 5.80. The first-order chi connectivity index (χ1) is 10.2. The maximum atomic E-state index is 5.15. The minimum absolute atomic E-state index is 0.350. The molecule has 1 aromatic rings. The lowest BCUT2D eigenvalue weighted by Gasteiger charge is -2.28. The molecule has 2 N–H and O–H groups in total. The Morgan fingerprint density at radius 2 is 1.81 bits per heavy atom. The van der Waals surface area contributed by atoms with Crippen molar-refractivity contribution in [2.24, 2.45) is 11.8 Å². The minimum atomic E-state index is 0.350. The molecule has 0 spiro atoms. The van der Waals surface area contributed by atoms with Gasteiger partial charge >= 0.3 is 6.01 Å². The van der Waals surface area contributed by atoms with Crippen LogP contribution in [0.3, 0.4) is 0 Å². The van der Waals surface area contributed by atoms with E-state index in [1.165, 1.54) is 25.7 Å². The van der Waals surface area contributed by atoms with E-state index in [4.69, 9.17) is 4.74 Å². The van der Waals surface area contributed by atoms with Crippen molar-refractivity contribution in [3.05, 3.63) is 0 Å². The van der Waals surface area contributed by atoms with Gasteiger partial charge < -0.3 is 15.4 Å². The number of anilines is 2. The molecule has 0 bridgehead atoms. The number of ether oxygens (including phenoxy) is 1. The number of nitrogens with zero attached hydrogens (tertiary/aromatic N) is 3. The molecule has 1 aromatic heterocycles. The summed E-state index contributed by atoms with van der Waals surface area (Å²) in [7, 11) is 1.58. The molecule has 2 atom stereocenters. The van der Waals surface area contributed by atoms with Gasteiger partial charge in [-0.2, -0.15) is 15.0 Å². The van der Waals surface area contributed by atoms with Crippen LogP contribution in [0.25, 0.3) is 0 Å². The van der Waals surface area contributed by atoms with Crippen LogP contribution in [0.15, 0.2) is 0 Å². The molecule has 0 aromatic carbocycles. The fourth-order valence-corrected chi connectivity index (χ4v) is 2.76. The average Bonchev–Trinajstić information content (AvgIpc) is 2.52. The van der Waals surface area contributed by atoms with E-state index < -0.39 is 0 Å². The van der Waals surface area contributed by atoms with Crippen molar-refractivity contribution in [2.75, 3.05) is 30.8 Å². The van der Waals surface area contributed by atoms with Crippen molar-refractivity contribution in [2.45, 2.75) is 46.0 Å². The van der Waals surface area contributed by atoms with Crippen LogP contribution in [0.4, 0.5) is 11.9 Å². The molecule has 6 heteroatoms. The van der Waals surface area contributed by atoms with E-state index in [0.29, 0.717) is 23.8 Å². The fraction of sp³-hybridized carbons (Fsp3) is 0.800. The molecule has 0 aliphatic heterocycles. The van der Waals surface area contributed by atoms with Crippen molar-refractivity contribution in [3.8, 4) is 6.01 Å². The summed E-state index contributed by atoms with van der Waals surface area (Å²) in [5.74, 6) is 2.64. The van der Waals surface area contributed by atoms with Gasteiger partial charge in [0, 0.05) is 13.1 Å². The molecule has 1 aliphatic carbocycles. The summed E-state index contributed by atoms with van der Waals surface area (Å²) in [6.07, 6.45) is 6.34. The van der Waals surface area contributed by atoms with E-state index in [1.54, 1.807) is 7.11 Å². The molecule has 1 saturated carbocycles. The lowest BCUT2D eigenvalue weighted by atomic mass is 9.80. The monoisotopic (exact) mass is 293 g/mol. The number of nitrogens with one attached hydrogen (secondary N) is 2. The van der Waals surface area contributed by atoms with Gasteiger partial charge in [-0.15, -0.1) is 0 Å². The quantitative estimate of drug-likeness (QED) is 0.805. The van der Waals surface area contributed by atoms with Crippen LogP contribution in [0.5, 0.6) is 6.01 Å². The zero-order valence-corrected chi connectivity index (χ0v) is 13.4. The lowest BCUT2D eigenvalue weighted by molar-refractivity contribution is 0.268. The van der Waals surface area contributed by atoms with E-state index in [-0.39, 0.29) is 0 Å². The van der Waals surface area contributed by atoms with Crippen LogP contribution in [0.1, 0.15) is 46.0 Å². The molecular weight excluding hydrogens is 266 g/mol. The maximum absolute atomic E-state index is 5.15. The van der Waals surface area contributed by atoms with E-state index >= 15 is 0 Å². The summed E-state index contributed by atoms with van der Waals surface area (Å²) in [5.41, 5.74) is 0. The van der Waals surface area contributed by atoms with Crippen LogP contribution in [-0.4, -0.2) is 35.2 Å². The SMILES string of the molecule is CCCNc1nc(NCC2CCCCC2C)nc(OC)n1. The van der Waals surface area contributed by atoms with Crippen molar-refractivity contribution >= 4 is 11.9 Å². The van der Waals surface area contributed by atoms with Gasteiger partial charge in [0.15, 0.2) is 0 Å². The van der Waals surface area contributed by atoms with Gasteiger partial charge in [0.25, 0.3) is 0 Å². The predicted molar refractivity (Wildman–Crippen MR) is 84.8 cm³/mol. The second kappa shape index (κ2) is 8.00. The van der Waals surface area contributed by atoms with Crippen LogP contribution in [0.2, 0.25) is 0 Å². The van der Waals surface area contributed by atoms with Gasteiger partial charge in [-0.1, -0.05) is 33.1 Å². The Morgan fingerprint density at radius 3 is 2.48 bits per heavy atom. The van der Waals surface area contributed by atoms with Gasteiger partial charge in [-0.25, -0.2) is 0 Å². The van der Waals surface area contributed by atoms with Crippen molar-refractivity contribution in [1.29, 1.82) is 0 Å². The molecule has 0 saturated heterocycles. The van der Waals surface area contributed by atoms with E-state index in [0.717, 1.165) is 25.4 Å². The van der Waals surface area contributed by atoms with Crippen molar-refractivity contribution in [1.82, 2.24) is 15.0 Å². The first kappa shape index (κ1) is 15.8. The average molecular weight is 293 g/mol. The van der Waals surface area contributed by atoms with Gasteiger partial charge in [-0.3, -0.25) is 0 Å². The molecule has 1 aliphatic rings. The molecule has 2 rings (SSSR count). The molecule has 1 fully saturated rings. The third kappa shape index (κ3) is 4.72. The number of rotatable bonds is 7. The Kier molecular flexibility index (Phi) is 6.02. The van der Waals surface area contributed by atoms with Crippen LogP contribution in [-0.2, 0) is 0 Å². The van der Waals surface area contributed by atoms with Gasteiger partial charge in [0.1, 0.15) is 0 Å². The largest absolute Gasteiger partial charge is 0.467 e. The molecule has 6 nitrogen and oxygen atoms in total. The Hall–Kier alpha value is -1.59. The molecule has 118 valence electrons. The predicted octanol–water partition coefficient (Wildman–Crippen LogP) is 2.94. The first-order valence-electron chi connectivity index (χ1n) is 8.00. The Balaban J connectivity index is 1.97. The highest BCUT2D eigenvalue weighted by atomic mass is 16.5. The maximum Gasteiger partial charge on any atom is 0.322 e. The van der Waals surface area contributed by atoms with Gasteiger partial charge in [-0.05, 0) is 24.7 Å². The Labute approximate surface area is 127 Å². The van der Waals surface area contributed by atoms with Gasteiger partial charge in [0.2, 0.25) is 11.9 Å². The summed E-state index contributed by atoms with van der Waals surface area (Å²) in [6, 6.07) is 0.350. The number of hydrogen-bond donors (Lipinski definition) is 2. The minimum Gasteiger partial charge on any atom is -0.467 e. The van der Waals surface area contributed by atoms with E-state index in [9.17, 15) is 0 Å². The van der Waals surface area contributed by atoms with Crippen molar-refractivity contribution < 1.29 is 4.74 Å². The van der Waals surface area contributed by atoms with Crippen LogP contribution >= 0.6 is 0 Å². The highest BCUT2D eigenvalue weighted by molar-refractivity contribution is 5.35. The number of methoxy groups -OCH3 is 1. The summed E-state index contributed by atoms with van der Waals surface area (Å²) < 4.78 is 5.15.